The topological polar surface area (TPSA) is 116 Å². The van der Waals surface area contributed by atoms with Gasteiger partial charge >= 0.3 is 11.9 Å². The van der Waals surface area contributed by atoms with E-state index in [1.165, 1.54) is 42.5 Å². The summed E-state index contributed by atoms with van der Waals surface area (Å²) in [5, 5.41) is 2.67. The van der Waals surface area contributed by atoms with Crippen LogP contribution in [-0.4, -0.2) is 45.2 Å². The fourth-order valence-electron chi connectivity index (χ4n) is 2.36. The first-order valence-electron chi connectivity index (χ1n) is 9.03. The van der Waals surface area contributed by atoms with E-state index in [-0.39, 0.29) is 21.5 Å². The summed E-state index contributed by atoms with van der Waals surface area (Å²) in [6, 6.07) is 9.93. The molecule has 0 aliphatic rings. The fourth-order valence-corrected chi connectivity index (χ4v) is 4.40. The predicted octanol–water partition coefficient (Wildman–Crippen LogP) is 3.52. The molecule has 0 spiro atoms. The third kappa shape index (κ3) is 7.54. The van der Waals surface area contributed by atoms with Gasteiger partial charge < -0.3 is 14.8 Å². The fraction of sp³-hybridized carbons (Fsp3) is 0.250. The Balaban J connectivity index is 1.82. The van der Waals surface area contributed by atoms with Crippen LogP contribution in [0, 0.1) is 0 Å². The zero-order valence-electron chi connectivity index (χ0n) is 16.4. The highest BCUT2D eigenvalue weighted by Crippen LogP contribution is 2.26. The molecule has 0 aliphatic heterocycles. The summed E-state index contributed by atoms with van der Waals surface area (Å²) in [7, 11) is -3.87. The Kier molecular flexibility index (Phi) is 8.85. The Morgan fingerprint density at radius 1 is 1.00 bits per heavy atom. The van der Waals surface area contributed by atoms with Gasteiger partial charge in [-0.3, -0.25) is 9.59 Å². The number of hydrogen-bond acceptors (Lipinski definition) is 7. The van der Waals surface area contributed by atoms with Gasteiger partial charge in [-0.15, -0.1) is 0 Å². The maximum absolute atomic E-state index is 12.3. The highest BCUT2D eigenvalue weighted by Gasteiger charge is 2.21. The van der Waals surface area contributed by atoms with Gasteiger partial charge in [0.15, 0.2) is 16.4 Å². The molecule has 1 amide bonds. The SMILES string of the molecule is CCOC(=O)c1ccc(NC(=O)COC(=O)CCS(=O)(=O)c2cc(Cl)ccc2Cl)cc1. The first-order chi connectivity index (χ1) is 14.6. The van der Waals surface area contributed by atoms with Crippen molar-refractivity contribution >= 4 is 56.6 Å². The molecular formula is C20H19Cl2NO7S. The zero-order valence-corrected chi connectivity index (χ0v) is 18.7. The van der Waals surface area contributed by atoms with E-state index in [1.54, 1.807) is 6.92 Å². The minimum absolute atomic E-state index is 0.00822. The highest BCUT2D eigenvalue weighted by molar-refractivity contribution is 7.91. The number of nitrogens with one attached hydrogen (secondary N) is 1. The van der Waals surface area contributed by atoms with E-state index >= 15 is 0 Å². The summed E-state index contributed by atoms with van der Waals surface area (Å²) in [5.74, 6) is -2.53. The maximum atomic E-state index is 12.3. The van der Waals surface area contributed by atoms with Crippen LogP contribution in [0.2, 0.25) is 10.0 Å². The van der Waals surface area contributed by atoms with Crippen LogP contribution >= 0.6 is 23.2 Å². The summed E-state index contributed by atoms with van der Waals surface area (Å²) in [4.78, 5) is 35.2. The van der Waals surface area contributed by atoms with E-state index in [2.05, 4.69) is 5.32 Å². The number of hydrogen-bond donors (Lipinski definition) is 1. The second-order valence-corrected chi connectivity index (χ2v) is 9.07. The highest BCUT2D eigenvalue weighted by atomic mass is 35.5. The molecule has 166 valence electrons. The molecule has 0 aromatic heterocycles. The van der Waals surface area contributed by atoms with Gasteiger partial charge in [0.2, 0.25) is 0 Å². The molecule has 0 bridgehead atoms. The molecule has 0 heterocycles. The van der Waals surface area contributed by atoms with Crippen LogP contribution < -0.4 is 5.32 Å². The number of esters is 2. The van der Waals surface area contributed by atoms with Gasteiger partial charge in [0, 0.05) is 10.7 Å². The summed E-state index contributed by atoms with van der Waals surface area (Å²) >= 11 is 11.7. The lowest BCUT2D eigenvalue weighted by atomic mass is 10.2. The van der Waals surface area contributed by atoms with Gasteiger partial charge in [-0.25, -0.2) is 13.2 Å². The molecule has 0 saturated carbocycles. The Morgan fingerprint density at radius 2 is 1.68 bits per heavy atom. The minimum atomic E-state index is -3.87. The number of carbonyl (C=O) groups excluding carboxylic acids is 3. The third-order valence-electron chi connectivity index (χ3n) is 3.85. The standard InChI is InChI=1S/C20H19Cl2NO7S/c1-2-29-20(26)13-3-6-15(7-4-13)23-18(24)12-30-19(25)9-10-31(27,28)17-11-14(21)5-8-16(17)22/h3-8,11H,2,9-10,12H2,1H3,(H,23,24). The molecule has 2 aromatic rings. The van der Waals surface area contributed by atoms with Gasteiger partial charge in [-0.1, -0.05) is 23.2 Å². The lowest BCUT2D eigenvalue weighted by molar-refractivity contribution is -0.146. The van der Waals surface area contributed by atoms with Crippen molar-refractivity contribution in [3.05, 3.63) is 58.1 Å². The van der Waals surface area contributed by atoms with Crippen LogP contribution in [0.25, 0.3) is 0 Å². The largest absolute Gasteiger partial charge is 0.462 e. The predicted molar refractivity (Wildman–Crippen MR) is 115 cm³/mol. The molecule has 8 nitrogen and oxygen atoms in total. The summed E-state index contributed by atoms with van der Waals surface area (Å²) in [6.07, 6.45) is -0.466. The van der Waals surface area contributed by atoms with Gasteiger partial charge in [0.25, 0.3) is 5.91 Å². The second kappa shape index (κ2) is 11.1. The van der Waals surface area contributed by atoms with E-state index < -0.39 is 46.5 Å². The van der Waals surface area contributed by atoms with Crippen molar-refractivity contribution in [2.75, 3.05) is 24.3 Å². The first kappa shape index (κ1) is 24.6. The van der Waals surface area contributed by atoms with Crippen molar-refractivity contribution in [1.29, 1.82) is 0 Å². The number of amides is 1. The first-order valence-corrected chi connectivity index (χ1v) is 11.4. The molecule has 0 unspecified atom stereocenters. The van der Waals surface area contributed by atoms with Crippen LogP contribution in [0.5, 0.6) is 0 Å². The van der Waals surface area contributed by atoms with Crippen LogP contribution in [0.15, 0.2) is 47.4 Å². The summed E-state index contributed by atoms with van der Waals surface area (Å²) in [6.45, 7) is 1.34. The number of halogens is 2. The van der Waals surface area contributed by atoms with E-state index in [0.29, 0.717) is 11.3 Å². The lowest BCUT2D eigenvalue weighted by Crippen LogP contribution is -2.22. The van der Waals surface area contributed by atoms with E-state index in [9.17, 15) is 22.8 Å². The van der Waals surface area contributed by atoms with Crippen molar-refractivity contribution in [2.45, 2.75) is 18.2 Å². The van der Waals surface area contributed by atoms with Crippen molar-refractivity contribution in [3.8, 4) is 0 Å². The van der Waals surface area contributed by atoms with Crippen molar-refractivity contribution in [1.82, 2.24) is 0 Å². The zero-order chi connectivity index (χ0) is 23.0. The van der Waals surface area contributed by atoms with Crippen molar-refractivity contribution in [2.24, 2.45) is 0 Å². The van der Waals surface area contributed by atoms with Gasteiger partial charge in [-0.05, 0) is 49.4 Å². The normalized spacial score (nSPS) is 10.9. The Hall–Kier alpha value is -2.62. The van der Waals surface area contributed by atoms with Crippen LogP contribution in [0.4, 0.5) is 5.69 Å². The van der Waals surface area contributed by atoms with E-state index in [1.807, 2.05) is 0 Å². The molecule has 0 fully saturated rings. The smallest absolute Gasteiger partial charge is 0.338 e. The molecule has 11 heteroatoms. The summed E-state index contributed by atoms with van der Waals surface area (Å²) in [5.41, 5.74) is 0.708. The third-order valence-corrected chi connectivity index (χ3v) is 6.27. The Labute approximate surface area is 189 Å². The van der Waals surface area contributed by atoms with E-state index in [4.69, 9.17) is 32.7 Å². The lowest BCUT2D eigenvalue weighted by Gasteiger charge is -2.09. The Morgan fingerprint density at radius 3 is 2.32 bits per heavy atom. The molecule has 31 heavy (non-hydrogen) atoms. The van der Waals surface area contributed by atoms with Gasteiger partial charge in [0.1, 0.15) is 0 Å². The van der Waals surface area contributed by atoms with Crippen molar-refractivity contribution in [3.63, 3.8) is 0 Å². The maximum Gasteiger partial charge on any atom is 0.338 e. The molecule has 1 N–H and O–H groups in total. The molecule has 0 aliphatic carbocycles. The Bertz CT molecular complexity index is 1070. The minimum Gasteiger partial charge on any atom is -0.462 e. The van der Waals surface area contributed by atoms with Gasteiger partial charge in [0.05, 0.1) is 34.3 Å². The number of ether oxygens (including phenoxy) is 2. The average molecular weight is 488 g/mol. The number of carbonyl (C=O) groups is 3. The van der Waals surface area contributed by atoms with Crippen LogP contribution in [0.1, 0.15) is 23.7 Å². The van der Waals surface area contributed by atoms with E-state index in [0.717, 1.165) is 0 Å². The number of sulfone groups is 1. The molecule has 2 rings (SSSR count). The quantitative estimate of drug-likeness (QED) is 0.537. The molecule has 0 atom stereocenters. The summed E-state index contributed by atoms with van der Waals surface area (Å²) < 4.78 is 34.4. The average Bonchev–Trinajstić information content (AvgIpc) is 2.73. The number of benzene rings is 2. The molecule has 0 radical (unpaired) electrons. The second-order valence-electron chi connectivity index (χ2n) is 6.15. The van der Waals surface area contributed by atoms with Crippen LogP contribution in [-0.2, 0) is 28.9 Å². The van der Waals surface area contributed by atoms with Crippen molar-refractivity contribution < 1.29 is 32.3 Å². The number of anilines is 1. The van der Waals surface area contributed by atoms with Gasteiger partial charge in [-0.2, -0.15) is 0 Å². The molecule has 2 aromatic carbocycles. The molecular weight excluding hydrogens is 469 g/mol. The monoisotopic (exact) mass is 487 g/mol. The van der Waals surface area contributed by atoms with Crippen LogP contribution in [0.3, 0.4) is 0 Å². The number of rotatable bonds is 9. The molecule has 0 saturated heterocycles.